The number of hydrogen-bond donors (Lipinski definition) is 6. The number of nitrogens with zero attached hydrogens (tertiary/aromatic N) is 2. The molecule has 3 aromatic rings. The molecule has 0 spiro atoms. The van der Waals surface area contributed by atoms with Gasteiger partial charge in [-0.3, -0.25) is 14.9 Å². The zero-order chi connectivity index (χ0) is 37.0. The number of fused-ring (bicyclic) bond motifs is 3. The average molecular weight is 734 g/mol. The number of carboxylic acids is 1. The summed E-state index contributed by atoms with van der Waals surface area (Å²) in [5, 5.41) is 28.6. The Hall–Kier alpha value is -5.55. The van der Waals surface area contributed by atoms with Crippen LogP contribution in [0.3, 0.4) is 0 Å². The summed E-state index contributed by atoms with van der Waals surface area (Å²) in [5.74, 6) is -2.55. The van der Waals surface area contributed by atoms with Crippen LogP contribution in [0, 0.1) is 0 Å². The molecule has 1 aromatic heterocycles. The Kier molecular flexibility index (Phi) is 10.4. The number of aromatic nitrogens is 1. The van der Waals surface area contributed by atoms with Crippen LogP contribution in [0.2, 0.25) is 0 Å². The van der Waals surface area contributed by atoms with E-state index in [-0.39, 0.29) is 55.0 Å². The van der Waals surface area contributed by atoms with E-state index in [0.29, 0.717) is 6.54 Å². The summed E-state index contributed by atoms with van der Waals surface area (Å²) in [6.45, 7) is 6.15. The molecule has 2 atom stereocenters. The summed E-state index contributed by atoms with van der Waals surface area (Å²) in [5.41, 5.74) is 1.82. The third kappa shape index (κ3) is 8.32. The first kappa shape index (κ1) is 36.2. The summed E-state index contributed by atoms with van der Waals surface area (Å²) in [7, 11) is 0. The molecule has 1 saturated heterocycles. The van der Waals surface area contributed by atoms with Crippen LogP contribution in [0.5, 0.6) is 0 Å². The van der Waals surface area contributed by atoms with Gasteiger partial charge in [-0.05, 0) is 43.0 Å². The molecule has 6 rings (SSSR count). The van der Waals surface area contributed by atoms with Crippen LogP contribution in [-0.4, -0.2) is 95.3 Å². The minimum atomic E-state index is -1.55. The second-order valence-electron chi connectivity index (χ2n) is 13.5. The lowest BCUT2D eigenvalue weighted by Gasteiger charge is -2.37. The molecule has 17 heteroatoms. The Morgan fingerprint density at radius 2 is 1.69 bits per heavy atom. The van der Waals surface area contributed by atoms with Gasteiger partial charge in [-0.25, -0.2) is 19.4 Å². The summed E-state index contributed by atoms with van der Waals surface area (Å²) >= 11 is 0.982. The van der Waals surface area contributed by atoms with E-state index in [9.17, 15) is 29.1 Å². The number of carboxylic acid groups (broad SMARTS) is 1. The summed E-state index contributed by atoms with van der Waals surface area (Å²) < 4.78 is 10.8. The lowest BCUT2D eigenvalue weighted by Crippen LogP contribution is -2.72. The fourth-order valence-corrected chi connectivity index (χ4v) is 6.45. The third-order valence-electron chi connectivity index (χ3n) is 8.55. The van der Waals surface area contributed by atoms with Gasteiger partial charge in [0.05, 0.1) is 6.04 Å². The maximum Gasteiger partial charge on any atom is 0.413 e. The number of hydrogen-bond acceptors (Lipinski definition) is 12. The van der Waals surface area contributed by atoms with Crippen molar-refractivity contribution in [2.75, 3.05) is 31.6 Å². The van der Waals surface area contributed by atoms with Gasteiger partial charge in [0, 0.05) is 43.8 Å². The Labute approximate surface area is 302 Å². The highest BCUT2D eigenvalue weighted by Gasteiger charge is 2.55. The molecule has 274 valence electrons. The van der Waals surface area contributed by atoms with Crippen LogP contribution in [0.4, 0.5) is 14.7 Å². The molecular weight excluding hydrogens is 694 g/mol. The van der Waals surface area contributed by atoms with Crippen molar-refractivity contribution in [3.05, 3.63) is 70.7 Å². The standard InChI is InChI=1S/C35H39N7O9S/c1-34(2,3)50-33(48)41-31-39-25(18-52-31)27(42-51-35(12-13-35)30(45)46)29(44)40-26-24(38-28(26)43)16-36-14-15-37-32(47)49-17-23-21-10-6-4-8-19(21)20-9-5-7-11-22(20)23/h4-11,18,23-24,26,36H,12-17H2,1-3H3,(H,37,47)(H,38,43)(H,40,44)(H,45,46)(H,39,41,48)/t24-,26-/m0/s1. The predicted molar refractivity (Wildman–Crippen MR) is 189 cm³/mol. The molecule has 6 N–H and O–H groups in total. The van der Waals surface area contributed by atoms with Crippen molar-refractivity contribution >= 4 is 52.2 Å². The number of benzene rings is 2. The highest BCUT2D eigenvalue weighted by atomic mass is 32.1. The van der Waals surface area contributed by atoms with Crippen LogP contribution in [0.15, 0.2) is 59.1 Å². The van der Waals surface area contributed by atoms with Gasteiger partial charge < -0.3 is 40.7 Å². The number of nitrogens with one attached hydrogen (secondary N) is 5. The molecule has 2 heterocycles. The maximum atomic E-state index is 13.4. The first-order valence-corrected chi connectivity index (χ1v) is 17.6. The van der Waals surface area contributed by atoms with Crippen LogP contribution in [0.25, 0.3) is 11.1 Å². The summed E-state index contributed by atoms with van der Waals surface area (Å²) in [6.07, 6.45) is -0.899. The Morgan fingerprint density at radius 1 is 1.02 bits per heavy atom. The SMILES string of the molecule is CC(C)(C)OC(=O)Nc1nc(C(=NOC2(C(=O)O)CC2)C(=O)N[C@@H]2C(=O)N[C@H]2CNCCNC(=O)OCC2c3ccccc3-c3ccccc32)cs1. The summed E-state index contributed by atoms with van der Waals surface area (Å²) in [6, 6.07) is 14.7. The average Bonchev–Trinajstić information content (AvgIpc) is 3.65. The molecule has 2 aromatic carbocycles. The number of amides is 4. The van der Waals surface area contributed by atoms with Gasteiger partial charge in [-0.1, -0.05) is 53.7 Å². The highest BCUT2D eigenvalue weighted by molar-refractivity contribution is 7.14. The number of oxime groups is 1. The van der Waals surface area contributed by atoms with E-state index in [1.165, 1.54) is 5.38 Å². The van der Waals surface area contributed by atoms with Crippen LogP contribution < -0.4 is 26.6 Å². The highest BCUT2D eigenvalue weighted by Crippen LogP contribution is 2.44. The number of β-lactam (4-membered cyclic amide) rings is 1. The molecule has 4 amide bonds. The number of aliphatic carboxylic acids is 1. The first-order valence-electron chi connectivity index (χ1n) is 16.7. The van der Waals surface area contributed by atoms with Gasteiger partial charge in [0.1, 0.15) is 23.9 Å². The van der Waals surface area contributed by atoms with E-state index in [4.69, 9.17) is 14.3 Å². The van der Waals surface area contributed by atoms with E-state index in [1.807, 2.05) is 36.4 Å². The molecule has 2 aliphatic carbocycles. The molecule has 1 saturated carbocycles. The van der Waals surface area contributed by atoms with Gasteiger partial charge in [-0.2, -0.15) is 0 Å². The Bertz CT molecular complexity index is 1860. The van der Waals surface area contributed by atoms with E-state index in [2.05, 4.69) is 48.9 Å². The zero-order valence-corrected chi connectivity index (χ0v) is 29.5. The molecule has 52 heavy (non-hydrogen) atoms. The Balaban J connectivity index is 0.982. The molecule has 3 aliphatic rings. The number of alkyl carbamates (subject to hydrolysis) is 1. The fourth-order valence-electron chi connectivity index (χ4n) is 5.77. The van der Waals surface area contributed by atoms with Crippen molar-refractivity contribution in [3.8, 4) is 11.1 Å². The number of carbonyl (C=O) groups excluding carboxylic acids is 4. The monoisotopic (exact) mass is 733 g/mol. The molecule has 1 aliphatic heterocycles. The van der Waals surface area contributed by atoms with Crippen LogP contribution in [-0.2, 0) is 28.7 Å². The largest absolute Gasteiger partial charge is 0.478 e. The second kappa shape index (κ2) is 15.0. The summed E-state index contributed by atoms with van der Waals surface area (Å²) in [4.78, 5) is 71.8. The lowest BCUT2D eigenvalue weighted by molar-refractivity contribution is -0.153. The lowest BCUT2D eigenvalue weighted by atomic mass is 9.98. The van der Waals surface area contributed by atoms with Crippen LogP contribution in [0.1, 0.15) is 56.4 Å². The third-order valence-corrected chi connectivity index (χ3v) is 9.31. The molecule has 2 fully saturated rings. The fraction of sp³-hybridized carbons (Fsp3) is 0.400. The van der Waals surface area contributed by atoms with Gasteiger partial charge in [-0.15, -0.1) is 11.3 Å². The van der Waals surface area contributed by atoms with E-state index in [1.54, 1.807) is 20.8 Å². The minimum Gasteiger partial charge on any atom is -0.478 e. The smallest absolute Gasteiger partial charge is 0.413 e. The topological polar surface area (TPSA) is 219 Å². The van der Waals surface area contributed by atoms with E-state index in [0.717, 1.165) is 33.6 Å². The van der Waals surface area contributed by atoms with Crippen molar-refractivity contribution in [1.29, 1.82) is 0 Å². The van der Waals surface area contributed by atoms with Crippen molar-refractivity contribution in [2.24, 2.45) is 5.16 Å². The van der Waals surface area contributed by atoms with Gasteiger partial charge in [0.2, 0.25) is 11.5 Å². The molecular formula is C35H39N7O9S. The first-order chi connectivity index (χ1) is 24.8. The Morgan fingerprint density at radius 3 is 2.31 bits per heavy atom. The number of thiazole rings is 1. The van der Waals surface area contributed by atoms with Crippen molar-refractivity contribution in [2.45, 2.75) is 62.8 Å². The number of anilines is 1. The second-order valence-corrected chi connectivity index (χ2v) is 14.4. The maximum absolute atomic E-state index is 13.4. The molecule has 0 radical (unpaired) electrons. The normalized spacial score (nSPS) is 18.5. The quantitative estimate of drug-likeness (QED) is 0.0613. The molecule has 16 nitrogen and oxygen atoms in total. The van der Waals surface area contributed by atoms with Gasteiger partial charge >= 0.3 is 18.2 Å². The molecule has 0 unspecified atom stereocenters. The van der Waals surface area contributed by atoms with Gasteiger partial charge in [0.25, 0.3) is 5.91 Å². The van der Waals surface area contributed by atoms with Gasteiger partial charge in [0.15, 0.2) is 10.8 Å². The number of carbonyl (C=O) groups is 5. The van der Waals surface area contributed by atoms with Crippen molar-refractivity contribution in [1.82, 2.24) is 26.3 Å². The van der Waals surface area contributed by atoms with Crippen LogP contribution >= 0.6 is 11.3 Å². The number of ether oxygens (including phenoxy) is 2. The van der Waals surface area contributed by atoms with E-state index >= 15 is 0 Å². The zero-order valence-electron chi connectivity index (χ0n) is 28.7. The molecule has 0 bridgehead atoms. The van der Waals surface area contributed by atoms with Crippen molar-refractivity contribution < 1.29 is 43.4 Å². The number of rotatable bonds is 14. The minimum absolute atomic E-state index is 0.0107. The van der Waals surface area contributed by atoms with Crippen molar-refractivity contribution in [3.63, 3.8) is 0 Å². The predicted octanol–water partition coefficient (Wildman–Crippen LogP) is 2.94. The van der Waals surface area contributed by atoms with E-state index < -0.39 is 53.3 Å².